The third kappa shape index (κ3) is 2.72. The van der Waals surface area contributed by atoms with E-state index in [2.05, 4.69) is 17.3 Å². The van der Waals surface area contributed by atoms with Gasteiger partial charge in [0.05, 0.1) is 5.69 Å². The average molecular weight is 229 g/mol. The molecule has 88 valence electrons. The standard InChI is InChI=1S/C13H15N3O/c1-2-4-11-9-12(6-7-14-11)15-16-8-3-5-13(16)10-17/h3,5-10H,2,4H2,1H3,(H,14,15). The molecule has 4 nitrogen and oxygen atoms in total. The van der Waals surface area contributed by atoms with Crippen molar-refractivity contribution in [1.82, 2.24) is 9.66 Å². The van der Waals surface area contributed by atoms with E-state index in [1.165, 1.54) is 0 Å². The van der Waals surface area contributed by atoms with E-state index in [1.807, 2.05) is 24.4 Å². The van der Waals surface area contributed by atoms with Crippen LogP contribution in [0, 0.1) is 0 Å². The summed E-state index contributed by atoms with van der Waals surface area (Å²) >= 11 is 0. The van der Waals surface area contributed by atoms with Crippen molar-refractivity contribution in [1.29, 1.82) is 0 Å². The molecule has 0 atom stereocenters. The minimum absolute atomic E-state index is 0.596. The van der Waals surface area contributed by atoms with E-state index >= 15 is 0 Å². The van der Waals surface area contributed by atoms with Gasteiger partial charge in [0.15, 0.2) is 6.29 Å². The molecule has 2 rings (SSSR count). The number of pyridine rings is 1. The summed E-state index contributed by atoms with van der Waals surface area (Å²) in [6.07, 6.45) is 6.43. The second-order valence-corrected chi connectivity index (χ2v) is 3.82. The maximum Gasteiger partial charge on any atom is 0.168 e. The summed E-state index contributed by atoms with van der Waals surface area (Å²) in [5, 5.41) is 0. The molecule has 0 unspecified atom stereocenters. The van der Waals surface area contributed by atoms with Gasteiger partial charge in [-0.05, 0) is 30.7 Å². The monoisotopic (exact) mass is 229 g/mol. The molecule has 0 fully saturated rings. The van der Waals surface area contributed by atoms with Crippen molar-refractivity contribution >= 4 is 12.0 Å². The topological polar surface area (TPSA) is 46.9 Å². The Kier molecular flexibility index (Phi) is 3.55. The summed E-state index contributed by atoms with van der Waals surface area (Å²) in [5.74, 6) is 0. The lowest BCUT2D eigenvalue weighted by Crippen LogP contribution is -2.11. The van der Waals surface area contributed by atoms with Gasteiger partial charge in [-0.1, -0.05) is 13.3 Å². The highest BCUT2D eigenvalue weighted by molar-refractivity contribution is 5.72. The van der Waals surface area contributed by atoms with Gasteiger partial charge in [-0.25, -0.2) is 0 Å². The summed E-state index contributed by atoms with van der Waals surface area (Å²) in [6.45, 7) is 2.12. The first kappa shape index (κ1) is 11.4. The van der Waals surface area contributed by atoms with Gasteiger partial charge in [0.2, 0.25) is 0 Å². The van der Waals surface area contributed by atoms with E-state index in [-0.39, 0.29) is 0 Å². The second kappa shape index (κ2) is 5.30. The molecule has 4 heteroatoms. The van der Waals surface area contributed by atoms with Crippen molar-refractivity contribution in [2.75, 3.05) is 5.43 Å². The lowest BCUT2D eigenvalue weighted by Gasteiger charge is -2.10. The van der Waals surface area contributed by atoms with Crippen LogP contribution in [0.3, 0.4) is 0 Å². The molecule has 0 amide bonds. The molecule has 0 saturated carbocycles. The summed E-state index contributed by atoms with van der Waals surface area (Å²) in [6, 6.07) is 7.46. The highest BCUT2D eigenvalue weighted by Gasteiger charge is 2.00. The lowest BCUT2D eigenvalue weighted by atomic mass is 10.2. The number of hydrogen-bond donors (Lipinski definition) is 1. The molecule has 2 aromatic heterocycles. The van der Waals surface area contributed by atoms with Crippen molar-refractivity contribution in [2.24, 2.45) is 0 Å². The summed E-state index contributed by atoms with van der Waals surface area (Å²) in [5.41, 5.74) is 5.73. The van der Waals surface area contributed by atoms with Crippen molar-refractivity contribution in [3.05, 3.63) is 48.0 Å². The van der Waals surface area contributed by atoms with Crippen LogP contribution in [0.5, 0.6) is 0 Å². The maximum absolute atomic E-state index is 10.8. The molecular formula is C13H15N3O. The van der Waals surface area contributed by atoms with E-state index < -0.39 is 0 Å². The van der Waals surface area contributed by atoms with Crippen LogP contribution in [-0.2, 0) is 6.42 Å². The Bertz CT molecular complexity index is 505. The fourth-order valence-corrected chi connectivity index (χ4v) is 1.67. The predicted molar refractivity (Wildman–Crippen MR) is 67.1 cm³/mol. The van der Waals surface area contributed by atoms with Crippen molar-refractivity contribution < 1.29 is 4.79 Å². The lowest BCUT2D eigenvalue weighted by molar-refractivity contribution is 0.111. The average Bonchev–Trinajstić information content (AvgIpc) is 2.77. The molecule has 0 aliphatic heterocycles. The highest BCUT2D eigenvalue weighted by Crippen LogP contribution is 2.11. The molecule has 0 radical (unpaired) electrons. The number of hydrogen-bond acceptors (Lipinski definition) is 3. The second-order valence-electron chi connectivity index (χ2n) is 3.82. The highest BCUT2D eigenvalue weighted by atomic mass is 16.1. The fraction of sp³-hybridized carbons (Fsp3) is 0.231. The van der Waals surface area contributed by atoms with E-state index in [4.69, 9.17) is 0 Å². The Morgan fingerprint density at radius 1 is 1.47 bits per heavy atom. The van der Waals surface area contributed by atoms with Gasteiger partial charge in [0.25, 0.3) is 0 Å². The molecule has 0 aromatic carbocycles. The summed E-state index contributed by atoms with van der Waals surface area (Å²) < 4.78 is 1.69. The van der Waals surface area contributed by atoms with Gasteiger partial charge in [-0.15, -0.1) is 0 Å². The Hall–Kier alpha value is -2.10. The number of nitrogens with one attached hydrogen (secondary N) is 1. The maximum atomic E-state index is 10.8. The van der Waals surface area contributed by atoms with Gasteiger partial charge in [-0.3, -0.25) is 19.9 Å². The van der Waals surface area contributed by atoms with Crippen LogP contribution in [0.1, 0.15) is 29.5 Å². The minimum Gasteiger partial charge on any atom is -0.296 e. The fourth-order valence-electron chi connectivity index (χ4n) is 1.67. The molecule has 0 spiro atoms. The Balaban J connectivity index is 2.18. The number of rotatable bonds is 5. The van der Waals surface area contributed by atoms with Crippen LogP contribution in [0.15, 0.2) is 36.7 Å². The van der Waals surface area contributed by atoms with Gasteiger partial charge in [-0.2, -0.15) is 0 Å². The normalized spacial score (nSPS) is 10.2. The zero-order chi connectivity index (χ0) is 12.1. The minimum atomic E-state index is 0.596. The zero-order valence-electron chi connectivity index (χ0n) is 9.76. The first-order chi connectivity index (χ1) is 8.33. The molecule has 0 saturated heterocycles. The van der Waals surface area contributed by atoms with Crippen molar-refractivity contribution in [2.45, 2.75) is 19.8 Å². The van der Waals surface area contributed by atoms with E-state index in [1.54, 1.807) is 16.9 Å². The smallest absolute Gasteiger partial charge is 0.168 e. The van der Waals surface area contributed by atoms with Crippen molar-refractivity contribution in [3.8, 4) is 0 Å². The molecule has 1 N–H and O–H groups in total. The van der Waals surface area contributed by atoms with Crippen LogP contribution in [0.4, 0.5) is 5.69 Å². The quantitative estimate of drug-likeness (QED) is 0.801. The third-order valence-corrected chi connectivity index (χ3v) is 2.47. The molecule has 0 bridgehead atoms. The molecule has 2 heterocycles. The predicted octanol–water partition coefficient (Wildman–Crippen LogP) is 2.52. The number of aldehydes is 1. The van der Waals surface area contributed by atoms with Gasteiger partial charge < -0.3 is 0 Å². The third-order valence-electron chi connectivity index (χ3n) is 2.47. The number of carbonyl (C=O) groups excluding carboxylic acids is 1. The number of aryl methyl sites for hydroxylation is 1. The van der Waals surface area contributed by atoms with Crippen LogP contribution in [0.25, 0.3) is 0 Å². The molecule has 0 aliphatic rings. The van der Waals surface area contributed by atoms with E-state index in [0.717, 1.165) is 30.5 Å². The Morgan fingerprint density at radius 2 is 2.35 bits per heavy atom. The molecule has 0 aliphatic carbocycles. The van der Waals surface area contributed by atoms with Gasteiger partial charge >= 0.3 is 0 Å². The first-order valence-corrected chi connectivity index (χ1v) is 5.68. The van der Waals surface area contributed by atoms with Gasteiger partial charge in [0, 0.05) is 18.1 Å². The first-order valence-electron chi connectivity index (χ1n) is 5.68. The van der Waals surface area contributed by atoms with Gasteiger partial charge in [0.1, 0.15) is 5.69 Å². The molecular weight excluding hydrogens is 214 g/mol. The number of carbonyl (C=O) groups is 1. The Morgan fingerprint density at radius 3 is 3.12 bits per heavy atom. The summed E-state index contributed by atoms with van der Waals surface area (Å²) in [4.78, 5) is 15.1. The van der Waals surface area contributed by atoms with Crippen LogP contribution in [-0.4, -0.2) is 15.9 Å². The number of anilines is 1. The SMILES string of the molecule is CCCc1cc(Nn2cccc2C=O)ccn1. The molecule has 2 aromatic rings. The molecule has 17 heavy (non-hydrogen) atoms. The largest absolute Gasteiger partial charge is 0.296 e. The van der Waals surface area contributed by atoms with E-state index in [9.17, 15) is 4.79 Å². The number of aromatic nitrogens is 2. The van der Waals surface area contributed by atoms with Crippen molar-refractivity contribution in [3.63, 3.8) is 0 Å². The van der Waals surface area contributed by atoms with Crippen LogP contribution >= 0.6 is 0 Å². The zero-order valence-corrected chi connectivity index (χ0v) is 9.76. The van der Waals surface area contributed by atoms with E-state index in [0.29, 0.717) is 5.69 Å². The Labute approximate surface area is 100 Å². The summed E-state index contributed by atoms with van der Waals surface area (Å²) in [7, 11) is 0. The number of nitrogens with zero attached hydrogens (tertiary/aromatic N) is 2. The van der Waals surface area contributed by atoms with Crippen LogP contribution < -0.4 is 5.43 Å². The van der Waals surface area contributed by atoms with Crippen LogP contribution in [0.2, 0.25) is 0 Å².